The van der Waals surface area contributed by atoms with Crippen LogP contribution in [-0.2, 0) is 16.0 Å². The van der Waals surface area contributed by atoms with Crippen molar-refractivity contribution in [2.24, 2.45) is 0 Å². The highest BCUT2D eigenvalue weighted by Gasteiger charge is 2.28. The van der Waals surface area contributed by atoms with Gasteiger partial charge in [0, 0.05) is 22.0 Å². The molecule has 0 aromatic heterocycles. The molecule has 1 heterocycles. The van der Waals surface area contributed by atoms with Gasteiger partial charge in [-0.2, -0.15) is 0 Å². The van der Waals surface area contributed by atoms with E-state index in [4.69, 9.17) is 9.47 Å². The molecule has 1 atom stereocenters. The van der Waals surface area contributed by atoms with E-state index in [9.17, 15) is 9.90 Å². The van der Waals surface area contributed by atoms with Crippen LogP contribution in [0.1, 0.15) is 30.6 Å². The number of benzene rings is 1. The lowest BCUT2D eigenvalue weighted by molar-refractivity contribution is -0.150. The molecule has 0 saturated carbocycles. The van der Waals surface area contributed by atoms with Gasteiger partial charge in [-0.1, -0.05) is 22.9 Å². The third-order valence-corrected chi connectivity index (χ3v) is 3.84. The first-order chi connectivity index (χ1) is 9.60. The average Bonchev–Trinajstić information content (AvgIpc) is 2.69. The Morgan fingerprint density at radius 3 is 2.85 bits per heavy atom. The minimum Gasteiger partial charge on any atom is -0.490 e. The van der Waals surface area contributed by atoms with Gasteiger partial charge in [0.2, 0.25) is 0 Å². The number of ether oxygens (including phenoxy) is 3. The minimum absolute atomic E-state index is 0.476. The molecule has 110 valence electrons. The lowest BCUT2D eigenvalue weighted by Crippen LogP contribution is -2.16. The van der Waals surface area contributed by atoms with E-state index in [1.807, 2.05) is 6.92 Å². The van der Waals surface area contributed by atoms with Gasteiger partial charge < -0.3 is 19.3 Å². The number of halogens is 1. The number of hydrogen-bond acceptors (Lipinski definition) is 5. The third kappa shape index (κ3) is 2.76. The van der Waals surface area contributed by atoms with Gasteiger partial charge in [0.25, 0.3) is 0 Å². The molecule has 1 aliphatic heterocycles. The van der Waals surface area contributed by atoms with Crippen LogP contribution in [0.25, 0.3) is 0 Å². The summed E-state index contributed by atoms with van der Waals surface area (Å²) in [5.41, 5.74) is 1.23. The number of rotatable bonds is 3. The fraction of sp³-hybridized carbons (Fsp3) is 0.500. The van der Waals surface area contributed by atoms with Gasteiger partial charge in [0.1, 0.15) is 0 Å². The van der Waals surface area contributed by atoms with E-state index >= 15 is 0 Å². The van der Waals surface area contributed by atoms with Crippen LogP contribution in [0, 0.1) is 0 Å². The number of aliphatic hydroxyl groups excluding tert-OH is 1. The summed E-state index contributed by atoms with van der Waals surface area (Å²) in [7, 11) is 1.24. The highest BCUT2D eigenvalue weighted by molar-refractivity contribution is 9.10. The Kier molecular flexibility index (Phi) is 4.88. The van der Waals surface area contributed by atoms with Crippen LogP contribution in [-0.4, -0.2) is 31.4 Å². The molecule has 0 fully saturated rings. The molecular formula is C14H17BrO5. The fourth-order valence-corrected chi connectivity index (χ4v) is 2.89. The van der Waals surface area contributed by atoms with E-state index in [1.165, 1.54) is 7.11 Å². The molecule has 2 rings (SSSR count). The molecule has 20 heavy (non-hydrogen) atoms. The van der Waals surface area contributed by atoms with E-state index in [0.717, 1.165) is 12.0 Å². The second-order valence-corrected chi connectivity index (χ2v) is 5.26. The number of aliphatic hydroxyl groups is 1. The maximum Gasteiger partial charge on any atom is 0.339 e. The summed E-state index contributed by atoms with van der Waals surface area (Å²) < 4.78 is 16.6. The number of fused-ring (bicyclic) bond motifs is 1. The smallest absolute Gasteiger partial charge is 0.339 e. The summed E-state index contributed by atoms with van der Waals surface area (Å²) in [5.74, 6) is 0.535. The molecule has 1 aromatic carbocycles. The molecule has 0 saturated heterocycles. The molecule has 5 nitrogen and oxygen atoms in total. The Hall–Kier alpha value is -1.27. The molecular weight excluding hydrogens is 328 g/mol. The predicted octanol–water partition coefficient (Wildman–Crippen LogP) is 2.38. The van der Waals surface area contributed by atoms with Crippen molar-refractivity contribution in [1.82, 2.24) is 0 Å². The Labute approximate surface area is 126 Å². The van der Waals surface area contributed by atoms with Crippen molar-refractivity contribution in [3.8, 4) is 11.5 Å². The highest BCUT2D eigenvalue weighted by atomic mass is 79.9. The van der Waals surface area contributed by atoms with Crippen molar-refractivity contribution in [2.75, 3.05) is 20.3 Å². The summed E-state index contributed by atoms with van der Waals surface area (Å²) in [6.45, 7) is 3.07. The van der Waals surface area contributed by atoms with Crippen LogP contribution in [0.5, 0.6) is 11.5 Å². The lowest BCUT2D eigenvalue weighted by Gasteiger charge is -2.20. The summed E-state index contributed by atoms with van der Waals surface area (Å²) in [5, 5.41) is 10.2. The standard InChI is InChI=1S/C14H17BrO5/c1-3-8-11(12(16)14(17)18-2)9(15)7-10-13(8)20-6-4-5-19-10/h7,12,16H,3-6H2,1-2H3. The maximum absolute atomic E-state index is 11.6. The second kappa shape index (κ2) is 6.45. The molecule has 0 amide bonds. The number of carbonyl (C=O) groups excluding carboxylic acids is 1. The first kappa shape index (κ1) is 15.1. The molecule has 1 unspecified atom stereocenters. The molecule has 0 aliphatic carbocycles. The topological polar surface area (TPSA) is 65.0 Å². The quantitative estimate of drug-likeness (QED) is 0.853. The van der Waals surface area contributed by atoms with Crippen molar-refractivity contribution >= 4 is 21.9 Å². The predicted molar refractivity (Wildman–Crippen MR) is 76.1 cm³/mol. The SMILES string of the molecule is CCc1c2c(cc(Br)c1C(O)C(=O)OC)OCCCO2. The number of methoxy groups -OCH3 is 1. The van der Waals surface area contributed by atoms with E-state index in [2.05, 4.69) is 20.7 Å². The molecule has 0 bridgehead atoms. The fourth-order valence-electron chi connectivity index (χ4n) is 2.23. The first-order valence-electron chi connectivity index (χ1n) is 6.46. The van der Waals surface area contributed by atoms with Crippen molar-refractivity contribution in [3.63, 3.8) is 0 Å². The van der Waals surface area contributed by atoms with E-state index in [0.29, 0.717) is 41.2 Å². The van der Waals surface area contributed by atoms with Crippen LogP contribution in [0.4, 0.5) is 0 Å². The minimum atomic E-state index is -1.35. The largest absolute Gasteiger partial charge is 0.490 e. The van der Waals surface area contributed by atoms with Gasteiger partial charge in [0.05, 0.1) is 20.3 Å². The molecule has 1 aromatic rings. The van der Waals surface area contributed by atoms with Crippen molar-refractivity contribution in [2.45, 2.75) is 25.9 Å². The van der Waals surface area contributed by atoms with Gasteiger partial charge >= 0.3 is 5.97 Å². The molecule has 1 N–H and O–H groups in total. The molecule has 0 spiro atoms. The molecule has 6 heteroatoms. The van der Waals surface area contributed by atoms with Crippen molar-refractivity contribution < 1.29 is 24.1 Å². The summed E-state index contributed by atoms with van der Waals surface area (Å²) in [4.78, 5) is 11.6. The normalized spacial score (nSPS) is 15.4. The van der Waals surface area contributed by atoms with Crippen LogP contribution in [0.3, 0.4) is 0 Å². The van der Waals surface area contributed by atoms with Gasteiger partial charge in [0.15, 0.2) is 17.6 Å². The van der Waals surface area contributed by atoms with Gasteiger partial charge in [-0.25, -0.2) is 4.79 Å². The Morgan fingerprint density at radius 2 is 2.20 bits per heavy atom. The zero-order valence-electron chi connectivity index (χ0n) is 11.4. The summed E-state index contributed by atoms with van der Waals surface area (Å²) in [6, 6.07) is 1.72. The lowest BCUT2D eigenvalue weighted by atomic mass is 9.98. The third-order valence-electron chi connectivity index (χ3n) is 3.18. The second-order valence-electron chi connectivity index (χ2n) is 4.41. The first-order valence-corrected chi connectivity index (χ1v) is 7.26. The van der Waals surface area contributed by atoms with Crippen LogP contribution >= 0.6 is 15.9 Å². The van der Waals surface area contributed by atoms with E-state index < -0.39 is 12.1 Å². The summed E-state index contributed by atoms with van der Waals surface area (Å²) >= 11 is 3.39. The number of hydrogen-bond donors (Lipinski definition) is 1. The van der Waals surface area contributed by atoms with Crippen LogP contribution in [0.2, 0.25) is 0 Å². The monoisotopic (exact) mass is 344 g/mol. The van der Waals surface area contributed by atoms with Crippen LogP contribution < -0.4 is 9.47 Å². The van der Waals surface area contributed by atoms with Crippen molar-refractivity contribution in [3.05, 3.63) is 21.7 Å². The maximum atomic E-state index is 11.6. The number of carbonyl (C=O) groups is 1. The number of esters is 1. The Balaban J connectivity index is 2.56. The van der Waals surface area contributed by atoms with Crippen molar-refractivity contribution in [1.29, 1.82) is 0 Å². The van der Waals surface area contributed by atoms with E-state index in [1.54, 1.807) is 6.07 Å². The van der Waals surface area contributed by atoms with E-state index in [-0.39, 0.29) is 0 Å². The van der Waals surface area contributed by atoms with Gasteiger partial charge in [-0.05, 0) is 12.5 Å². The zero-order chi connectivity index (χ0) is 14.7. The Morgan fingerprint density at radius 1 is 1.50 bits per heavy atom. The van der Waals surface area contributed by atoms with Crippen LogP contribution in [0.15, 0.2) is 10.5 Å². The molecule has 1 aliphatic rings. The average molecular weight is 345 g/mol. The zero-order valence-corrected chi connectivity index (χ0v) is 13.0. The van der Waals surface area contributed by atoms with Gasteiger partial charge in [-0.15, -0.1) is 0 Å². The van der Waals surface area contributed by atoms with Gasteiger partial charge in [-0.3, -0.25) is 0 Å². The highest BCUT2D eigenvalue weighted by Crippen LogP contribution is 2.42. The summed E-state index contributed by atoms with van der Waals surface area (Å²) in [6.07, 6.45) is 0.0558. The molecule has 0 radical (unpaired) electrons. The Bertz CT molecular complexity index is 515.